The first-order chi connectivity index (χ1) is 14.0. The molecular weight excluding hydrogens is 370 g/mol. The molecule has 2 aromatic carbocycles. The average molecular weight is 395 g/mol. The predicted octanol–water partition coefficient (Wildman–Crippen LogP) is 2.81. The maximum Gasteiger partial charge on any atom is 0.335 e. The maximum atomic E-state index is 12.9. The van der Waals surface area contributed by atoms with Crippen molar-refractivity contribution in [2.75, 3.05) is 0 Å². The third-order valence-corrected chi connectivity index (χ3v) is 5.19. The number of carboxylic acid groups (broad SMARTS) is 1. The summed E-state index contributed by atoms with van der Waals surface area (Å²) in [5, 5.41) is 17.5. The molecular formula is C22H25N3O4. The minimum absolute atomic E-state index is 0.198. The van der Waals surface area contributed by atoms with E-state index in [1.165, 1.54) is 12.1 Å². The van der Waals surface area contributed by atoms with Gasteiger partial charge in [0.15, 0.2) is 0 Å². The zero-order valence-corrected chi connectivity index (χ0v) is 16.1. The van der Waals surface area contributed by atoms with Crippen molar-refractivity contribution < 1.29 is 19.5 Å². The highest BCUT2D eigenvalue weighted by atomic mass is 16.4. The Balaban J connectivity index is 1.56. The number of carboxylic acids is 1. The summed E-state index contributed by atoms with van der Waals surface area (Å²) in [6.07, 6.45) is 2.93. The molecule has 0 heterocycles. The number of amides is 3. The van der Waals surface area contributed by atoms with Crippen molar-refractivity contribution >= 4 is 17.9 Å². The molecule has 1 saturated carbocycles. The summed E-state index contributed by atoms with van der Waals surface area (Å²) < 4.78 is 0. The molecule has 7 nitrogen and oxygen atoms in total. The highest BCUT2D eigenvalue weighted by molar-refractivity contribution is 5.91. The van der Waals surface area contributed by atoms with Gasteiger partial charge in [0.05, 0.1) is 5.56 Å². The van der Waals surface area contributed by atoms with Crippen LogP contribution in [-0.2, 0) is 17.9 Å². The first-order valence-electron chi connectivity index (χ1n) is 9.69. The monoisotopic (exact) mass is 395 g/mol. The van der Waals surface area contributed by atoms with Crippen molar-refractivity contribution in [3.8, 4) is 0 Å². The van der Waals surface area contributed by atoms with Crippen LogP contribution < -0.4 is 16.0 Å². The van der Waals surface area contributed by atoms with E-state index in [0.29, 0.717) is 19.4 Å². The van der Waals surface area contributed by atoms with Gasteiger partial charge in [-0.2, -0.15) is 0 Å². The SMILES string of the molecule is O=C(NCc1ccccc1)NC1(C(=O)NCc2ccc(C(=O)O)cc2)CCCC1. The molecule has 3 rings (SSSR count). The van der Waals surface area contributed by atoms with Gasteiger partial charge in [-0.05, 0) is 36.1 Å². The molecule has 0 atom stereocenters. The van der Waals surface area contributed by atoms with E-state index in [0.717, 1.165) is 24.0 Å². The Bertz CT molecular complexity index is 859. The molecule has 1 aliphatic carbocycles. The van der Waals surface area contributed by atoms with Crippen LogP contribution in [0.3, 0.4) is 0 Å². The van der Waals surface area contributed by atoms with Crippen LogP contribution >= 0.6 is 0 Å². The van der Waals surface area contributed by atoms with Gasteiger partial charge in [-0.1, -0.05) is 55.3 Å². The first-order valence-corrected chi connectivity index (χ1v) is 9.69. The van der Waals surface area contributed by atoms with E-state index in [1.807, 2.05) is 30.3 Å². The first kappa shape index (κ1) is 20.4. The van der Waals surface area contributed by atoms with Gasteiger partial charge in [-0.3, -0.25) is 4.79 Å². The van der Waals surface area contributed by atoms with Gasteiger partial charge in [-0.25, -0.2) is 9.59 Å². The molecule has 0 aromatic heterocycles. The van der Waals surface area contributed by atoms with Crippen molar-refractivity contribution in [2.45, 2.75) is 44.3 Å². The molecule has 1 aliphatic rings. The summed E-state index contributed by atoms with van der Waals surface area (Å²) in [4.78, 5) is 36.2. The van der Waals surface area contributed by atoms with E-state index in [1.54, 1.807) is 12.1 Å². The lowest BCUT2D eigenvalue weighted by Gasteiger charge is -2.29. The van der Waals surface area contributed by atoms with Crippen LogP contribution in [0.2, 0.25) is 0 Å². The number of carbonyl (C=O) groups is 3. The molecule has 0 unspecified atom stereocenters. The molecule has 4 N–H and O–H groups in total. The Morgan fingerprint density at radius 1 is 0.828 bits per heavy atom. The third kappa shape index (κ3) is 5.34. The van der Waals surface area contributed by atoms with E-state index in [9.17, 15) is 14.4 Å². The van der Waals surface area contributed by atoms with E-state index >= 15 is 0 Å². The fraction of sp³-hybridized carbons (Fsp3) is 0.318. The molecule has 0 saturated heterocycles. The zero-order valence-electron chi connectivity index (χ0n) is 16.1. The standard InChI is InChI=1S/C22H25N3O4/c26-19(27)18-10-8-17(9-11-18)14-23-20(28)22(12-4-5-13-22)25-21(29)24-15-16-6-2-1-3-7-16/h1-3,6-11H,4-5,12-15H2,(H,23,28)(H,26,27)(H2,24,25,29). The van der Waals surface area contributed by atoms with Crippen LogP contribution in [0.15, 0.2) is 54.6 Å². The second-order valence-electron chi connectivity index (χ2n) is 7.27. The van der Waals surface area contributed by atoms with E-state index < -0.39 is 11.5 Å². The summed E-state index contributed by atoms with van der Waals surface area (Å²) in [7, 11) is 0. The van der Waals surface area contributed by atoms with E-state index in [2.05, 4.69) is 16.0 Å². The Morgan fingerprint density at radius 2 is 1.41 bits per heavy atom. The number of hydrogen-bond donors (Lipinski definition) is 4. The molecule has 0 radical (unpaired) electrons. The van der Waals surface area contributed by atoms with Gasteiger partial charge >= 0.3 is 12.0 Å². The van der Waals surface area contributed by atoms with Crippen LogP contribution in [0.5, 0.6) is 0 Å². The van der Waals surface area contributed by atoms with Crippen molar-refractivity contribution in [3.05, 3.63) is 71.3 Å². The lowest BCUT2D eigenvalue weighted by Crippen LogP contribution is -2.59. The summed E-state index contributed by atoms with van der Waals surface area (Å²) in [6.45, 7) is 0.661. The van der Waals surface area contributed by atoms with Crippen molar-refractivity contribution in [1.82, 2.24) is 16.0 Å². The smallest absolute Gasteiger partial charge is 0.335 e. The number of aromatic carboxylic acids is 1. The quantitative estimate of drug-likeness (QED) is 0.578. The summed E-state index contributed by atoms with van der Waals surface area (Å²) in [6, 6.07) is 15.6. The second kappa shape index (κ2) is 9.23. The highest BCUT2D eigenvalue weighted by Crippen LogP contribution is 2.30. The molecule has 7 heteroatoms. The molecule has 29 heavy (non-hydrogen) atoms. The van der Waals surface area contributed by atoms with Gasteiger partial charge in [0, 0.05) is 13.1 Å². The molecule has 0 spiro atoms. The largest absolute Gasteiger partial charge is 0.478 e. The van der Waals surface area contributed by atoms with Crippen molar-refractivity contribution in [3.63, 3.8) is 0 Å². The van der Waals surface area contributed by atoms with E-state index in [4.69, 9.17) is 5.11 Å². The second-order valence-corrected chi connectivity index (χ2v) is 7.27. The summed E-state index contributed by atoms with van der Waals surface area (Å²) in [5.41, 5.74) is 1.06. The van der Waals surface area contributed by atoms with Gasteiger partial charge in [0.2, 0.25) is 5.91 Å². The van der Waals surface area contributed by atoms with Gasteiger partial charge in [0.25, 0.3) is 0 Å². The van der Waals surface area contributed by atoms with Gasteiger partial charge in [-0.15, -0.1) is 0 Å². The average Bonchev–Trinajstić information content (AvgIpc) is 3.21. The molecule has 1 fully saturated rings. The number of nitrogens with one attached hydrogen (secondary N) is 3. The number of urea groups is 1. The van der Waals surface area contributed by atoms with Crippen LogP contribution in [-0.4, -0.2) is 28.6 Å². The van der Waals surface area contributed by atoms with Crippen LogP contribution in [0.4, 0.5) is 4.79 Å². The Kier molecular flexibility index (Phi) is 6.49. The van der Waals surface area contributed by atoms with Crippen LogP contribution in [0, 0.1) is 0 Å². The minimum atomic E-state index is -0.990. The molecule has 2 aromatic rings. The lowest BCUT2D eigenvalue weighted by molar-refractivity contribution is -0.127. The highest BCUT2D eigenvalue weighted by Gasteiger charge is 2.42. The normalized spacial score (nSPS) is 14.8. The summed E-state index contributed by atoms with van der Waals surface area (Å²) >= 11 is 0. The topological polar surface area (TPSA) is 108 Å². The van der Waals surface area contributed by atoms with Crippen molar-refractivity contribution in [1.29, 1.82) is 0 Å². The predicted molar refractivity (Wildman–Crippen MR) is 108 cm³/mol. The van der Waals surface area contributed by atoms with Crippen molar-refractivity contribution in [2.24, 2.45) is 0 Å². The third-order valence-electron chi connectivity index (χ3n) is 5.19. The molecule has 0 aliphatic heterocycles. The Labute approximate surface area is 169 Å². The van der Waals surface area contributed by atoms with Gasteiger partial charge < -0.3 is 21.1 Å². The summed E-state index contributed by atoms with van der Waals surface area (Å²) in [5.74, 6) is -1.21. The van der Waals surface area contributed by atoms with Crippen LogP contribution in [0.25, 0.3) is 0 Å². The van der Waals surface area contributed by atoms with Crippen LogP contribution in [0.1, 0.15) is 47.2 Å². The molecule has 3 amide bonds. The Hall–Kier alpha value is -3.35. The van der Waals surface area contributed by atoms with Gasteiger partial charge in [0.1, 0.15) is 5.54 Å². The number of carbonyl (C=O) groups excluding carboxylic acids is 2. The maximum absolute atomic E-state index is 12.9. The fourth-order valence-corrected chi connectivity index (χ4v) is 3.54. The Morgan fingerprint density at radius 3 is 2.03 bits per heavy atom. The number of benzene rings is 2. The molecule has 0 bridgehead atoms. The molecule has 152 valence electrons. The number of hydrogen-bond acceptors (Lipinski definition) is 3. The lowest BCUT2D eigenvalue weighted by atomic mass is 9.96. The fourth-order valence-electron chi connectivity index (χ4n) is 3.54. The minimum Gasteiger partial charge on any atom is -0.478 e. The van der Waals surface area contributed by atoms with E-state index in [-0.39, 0.29) is 24.0 Å². The number of rotatable bonds is 7. The zero-order chi connectivity index (χ0) is 20.7.